The Bertz CT molecular complexity index is 1400. The lowest BCUT2D eigenvalue weighted by Crippen LogP contribution is -2.36. The van der Waals surface area contributed by atoms with E-state index in [0.29, 0.717) is 21.2 Å². The number of carbonyl (C=O) groups excluding carboxylic acids is 1. The molecule has 38 heavy (non-hydrogen) atoms. The minimum absolute atomic E-state index is 0.0124. The molecule has 0 unspecified atom stereocenters. The molecule has 0 atom stereocenters. The van der Waals surface area contributed by atoms with Crippen LogP contribution in [-0.4, -0.2) is 48.7 Å². The van der Waals surface area contributed by atoms with Gasteiger partial charge in [0.15, 0.2) is 5.11 Å². The van der Waals surface area contributed by atoms with E-state index in [4.69, 9.17) is 12.2 Å². The summed E-state index contributed by atoms with van der Waals surface area (Å²) in [5.74, 6) is -0.311. The number of aromatic nitrogens is 1. The Morgan fingerprint density at radius 1 is 1.11 bits per heavy atom. The van der Waals surface area contributed by atoms with E-state index in [0.717, 1.165) is 16.3 Å². The Hall–Kier alpha value is -2.90. The Kier molecular flexibility index (Phi) is 9.60. The molecule has 2 aromatic carbocycles. The molecule has 3 aromatic rings. The quantitative estimate of drug-likeness (QED) is 0.224. The zero-order valence-electron chi connectivity index (χ0n) is 22.0. The Balaban J connectivity index is 1.92. The summed E-state index contributed by atoms with van der Waals surface area (Å²) < 4.78 is 29.3. The predicted molar refractivity (Wildman–Crippen MR) is 158 cm³/mol. The molecule has 5 N–H and O–H groups in total. The number of thiazole rings is 1. The van der Waals surface area contributed by atoms with Crippen molar-refractivity contribution in [3.05, 3.63) is 48.7 Å². The number of carbonyl (C=O) groups is 1. The summed E-state index contributed by atoms with van der Waals surface area (Å²) in [5.41, 5.74) is 1.89. The highest BCUT2D eigenvalue weighted by Gasteiger charge is 2.25. The van der Waals surface area contributed by atoms with Crippen molar-refractivity contribution in [1.29, 1.82) is 0 Å². The van der Waals surface area contributed by atoms with Crippen LogP contribution in [0.15, 0.2) is 53.6 Å². The molecule has 0 spiro atoms. The molecular weight excluding hydrogens is 543 g/mol. The number of amides is 1. The van der Waals surface area contributed by atoms with Crippen LogP contribution in [0.4, 0.5) is 11.4 Å². The maximum Gasteiger partial charge on any atom is 0.241 e. The molecule has 1 amide bonds. The first-order valence-corrected chi connectivity index (χ1v) is 14.7. The third-order valence-electron chi connectivity index (χ3n) is 5.34. The summed E-state index contributed by atoms with van der Waals surface area (Å²) in [6, 6.07) is 12.6. The zero-order chi connectivity index (χ0) is 28.1. The molecule has 0 radical (unpaired) electrons. The first kappa shape index (κ1) is 29.7. The number of aliphatic hydroxyl groups is 1. The summed E-state index contributed by atoms with van der Waals surface area (Å²) in [5, 5.41) is 19.7. The van der Waals surface area contributed by atoms with E-state index < -0.39 is 15.4 Å². The van der Waals surface area contributed by atoms with Gasteiger partial charge in [-0.15, -0.1) is 11.3 Å². The second kappa shape index (κ2) is 12.3. The number of rotatable bonds is 10. The number of hydrogen-bond acceptors (Lipinski definition) is 7. The van der Waals surface area contributed by atoms with Crippen LogP contribution in [0, 0.1) is 5.41 Å². The van der Waals surface area contributed by atoms with Gasteiger partial charge in [-0.1, -0.05) is 19.9 Å². The van der Waals surface area contributed by atoms with Crippen LogP contribution >= 0.6 is 23.6 Å². The minimum Gasteiger partial charge on any atom is -0.396 e. The smallest absolute Gasteiger partial charge is 0.241 e. The normalized spacial score (nSPS) is 11.9. The summed E-state index contributed by atoms with van der Waals surface area (Å²) in [4.78, 5) is 16.8. The van der Waals surface area contributed by atoms with Crippen LogP contribution in [0.3, 0.4) is 0 Å². The van der Waals surface area contributed by atoms with E-state index in [2.05, 4.69) is 25.7 Å². The second-order valence-electron chi connectivity index (χ2n) is 9.90. The largest absolute Gasteiger partial charge is 0.396 e. The van der Waals surface area contributed by atoms with Crippen molar-refractivity contribution in [2.75, 3.05) is 23.8 Å². The maximum absolute atomic E-state index is 13.4. The van der Waals surface area contributed by atoms with Crippen molar-refractivity contribution in [2.24, 2.45) is 5.41 Å². The molecular formula is C26H33N5O4S3. The van der Waals surface area contributed by atoms with E-state index in [9.17, 15) is 18.3 Å². The zero-order valence-corrected chi connectivity index (χ0v) is 24.4. The van der Waals surface area contributed by atoms with Crippen molar-refractivity contribution in [1.82, 2.24) is 15.0 Å². The topological polar surface area (TPSA) is 132 Å². The van der Waals surface area contributed by atoms with Crippen LogP contribution in [0.5, 0.6) is 0 Å². The maximum atomic E-state index is 13.4. The number of sulfonamides is 1. The van der Waals surface area contributed by atoms with Crippen LogP contribution in [-0.2, 0) is 14.8 Å². The molecule has 9 nitrogen and oxygen atoms in total. The highest BCUT2D eigenvalue weighted by atomic mass is 32.2. The van der Waals surface area contributed by atoms with Crippen LogP contribution in [0.1, 0.15) is 34.6 Å². The number of nitrogens with one attached hydrogen (secondary N) is 4. The highest BCUT2D eigenvalue weighted by molar-refractivity contribution is 7.89. The number of aliphatic hydroxyl groups excluding tert-OH is 1. The third kappa shape index (κ3) is 8.05. The highest BCUT2D eigenvalue weighted by Crippen LogP contribution is 2.37. The van der Waals surface area contributed by atoms with E-state index >= 15 is 0 Å². The summed E-state index contributed by atoms with van der Waals surface area (Å²) in [6.45, 7) is 8.75. The minimum atomic E-state index is -3.98. The fraction of sp³-hybridized carbons (Fsp3) is 0.346. The van der Waals surface area contributed by atoms with Gasteiger partial charge in [0.2, 0.25) is 15.9 Å². The second-order valence-corrected chi connectivity index (χ2v) is 13.1. The Morgan fingerprint density at radius 2 is 1.76 bits per heavy atom. The number of thiocarbonyl (C=S) groups is 1. The van der Waals surface area contributed by atoms with Crippen LogP contribution < -0.4 is 20.7 Å². The lowest BCUT2D eigenvalue weighted by molar-refractivity contribution is -0.114. The average molecular weight is 576 g/mol. The van der Waals surface area contributed by atoms with Gasteiger partial charge < -0.3 is 21.1 Å². The van der Waals surface area contributed by atoms with Gasteiger partial charge in [-0.3, -0.25) is 4.79 Å². The molecule has 0 aliphatic carbocycles. The first-order chi connectivity index (χ1) is 17.8. The molecule has 204 valence electrons. The molecule has 3 rings (SSSR count). The van der Waals surface area contributed by atoms with Gasteiger partial charge in [0.05, 0.1) is 9.77 Å². The molecule has 1 heterocycles. The lowest BCUT2D eigenvalue weighted by atomic mass is 9.96. The summed E-state index contributed by atoms with van der Waals surface area (Å²) in [6.07, 6.45) is 1.64. The van der Waals surface area contributed by atoms with Crippen LogP contribution in [0.25, 0.3) is 21.0 Å². The SMILES string of the molecule is CC(=O)Nc1ccc(-c2cnc(-c3ccc(NC(=S)NC(C)C)cc3)s2)c(S(=O)(=O)NCC(C)(C)CO)c1. The van der Waals surface area contributed by atoms with E-state index in [1.54, 1.807) is 32.2 Å². The Morgan fingerprint density at radius 3 is 2.37 bits per heavy atom. The van der Waals surface area contributed by atoms with Crippen molar-refractivity contribution < 1.29 is 18.3 Å². The molecule has 12 heteroatoms. The molecule has 1 aromatic heterocycles. The molecule has 0 aliphatic heterocycles. The van der Waals surface area contributed by atoms with Crippen molar-refractivity contribution in [2.45, 2.75) is 45.6 Å². The van der Waals surface area contributed by atoms with Gasteiger partial charge in [-0.05, 0) is 62.5 Å². The first-order valence-electron chi connectivity index (χ1n) is 12.0. The van der Waals surface area contributed by atoms with Crippen molar-refractivity contribution in [3.63, 3.8) is 0 Å². The average Bonchev–Trinajstić information content (AvgIpc) is 3.33. The molecule has 0 bridgehead atoms. The van der Waals surface area contributed by atoms with Gasteiger partial charge in [0.1, 0.15) is 5.01 Å². The van der Waals surface area contributed by atoms with E-state index in [1.165, 1.54) is 24.3 Å². The summed E-state index contributed by atoms with van der Waals surface area (Å²) in [7, 11) is -3.98. The van der Waals surface area contributed by atoms with Gasteiger partial charge in [-0.25, -0.2) is 18.1 Å². The number of benzene rings is 2. The van der Waals surface area contributed by atoms with Gasteiger partial charge in [-0.2, -0.15) is 0 Å². The van der Waals surface area contributed by atoms with Crippen molar-refractivity contribution in [3.8, 4) is 21.0 Å². The van der Waals surface area contributed by atoms with Crippen LogP contribution in [0.2, 0.25) is 0 Å². The van der Waals surface area contributed by atoms with E-state index in [-0.39, 0.29) is 30.0 Å². The molecule has 0 saturated carbocycles. The lowest BCUT2D eigenvalue weighted by Gasteiger charge is -2.22. The van der Waals surface area contributed by atoms with Gasteiger partial charge in [0.25, 0.3) is 0 Å². The standard InChI is InChI=1S/C26H33N5O4S3/c1-16(2)29-25(36)31-19-8-6-18(7-9-19)24-27-13-22(37-24)21-11-10-20(30-17(3)33)12-23(21)38(34,35)28-14-26(4,5)15-32/h6-13,16,28,32H,14-15H2,1-5H3,(H,30,33)(H2,29,31,36). The van der Waals surface area contributed by atoms with Gasteiger partial charge in [0, 0.05) is 60.2 Å². The Labute approximate surface area is 233 Å². The van der Waals surface area contributed by atoms with Crippen molar-refractivity contribution >= 4 is 56.0 Å². The fourth-order valence-electron chi connectivity index (χ4n) is 3.31. The molecule has 0 aliphatic rings. The fourth-order valence-corrected chi connectivity index (χ4v) is 6.18. The third-order valence-corrected chi connectivity index (χ3v) is 8.08. The predicted octanol–water partition coefficient (Wildman–Crippen LogP) is 4.43. The van der Waals surface area contributed by atoms with E-state index in [1.807, 2.05) is 38.1 Å². The number of anilines is 2. The number of nitrogens with zero attached hydrogens (tertiary/aromatic N) is 1. The number of hydrogen-bond donors (Lipinski definition) is 5. The monoisotopic (exact) mass is 575 g/mol. The molecule has 0 saturated heterocycles. The van der Waals surface area contributed by atoms with Gasteiger partial charge >= 0.3 is 0 Å². The molecule has 0 fully saturated rings. The summed E-state index contributed by atoms with van der Waals surface area (Å²) >= 11 is 6.65.